The Morgan fingerprint density at radius 1 is 1.33 bits per heavy atom. The number of benzene rings is 1. The number of rotatable bonds is 7. The second-order valence-corrected chi connectivity index (χ2v) is 6.68. The number of carbonyl (C=O) groups excluding carboxylic acids is 1. The average Bonchev–Trinajstić information content (AvgIpc) is 3.05. The van der Waals surface area contributed by atoms with E-state index in [9.17, 15) is 13.2 Å². The third-order valence-electron chi connectivity index (χ3n) is 2.97. The van der Waals surface area contributed by atoms with Crippen molar-refractivity contribution in [2.75, 3.05) is 24.2 Å². The maximum Gasteiger partial charge on any atom is 0.260 e. The van der Waals surface area contributed by atoms with Gasteiger partial charge in [0, 0.05) is 0 Å². The first-order valence-corrected chi connectivity index (χ1v) is 8.72. The van der Waals surface area contributed by atoms with Crippen LogP contribution < -0.4 is 14.5 Å². The van der Waals surface area contributed by atoms with Crippen molar-refractivity contribution in [3.63, 3.8) is 0 Å². The van der Waals surface area contributed by atoms with Gasteiger partial charge in [0.2, 0.25) is 10.0 Å². The molecule has 2 rings (SSSR count). The molecule has 1 amide bonds. The molecule has 2 aromatic rings. The predicted molar refractivity (Wildman–Crippen MR) is 89.6 cm³/mol. The predicted octanol–water partition coefficient (Wildman–Crippen LogP) is 1.20. The van der Waals surface area contributed by atoms with E-state index in [2.05, 4.69) is 10.5 Å². The Morgan fingerprint density at radius 3 is 2.58 bits per heavy atom. The van der Waals surface area contributed by atoms with Crippen LogP contribution in [0.25, 0.3) is 0 Å². The number of hydrazone groups is 1. The molecule has 1 aromatic heterocycles. The van der Waals surface area contributed by atoms with E-state index in [1.165, 1.54) is 19.6 Å². The molecule has 0 bridgehead atoms. The van der Waals surface area contributed by atoms with Crippen molar-refractivity contribution in [1.29, 1.82) is 0 Å². The van der Waals surface area contributed by atoms with Crippen LogP contribution in [0.15, 0.2) is 52.2 Å². The lowest BCUT2D eigenvalue weighted by Gasteiger charge is -2.21. The average molecular weight is 351 g/mol. The Bertz CT molecular complexity index is 798. The number of carbonyl (C=O) groups is 1. The van der Waals surface area contributed by atoms with Crippen molar-refractivity contribution in [3.8, 4) is 5.75 Å². The molecule has 0 aliphatic rings. The minimum absolute atomic E-state index is 0.350. The summed E-state index contributed by atoms with van der Waals surface area (Å²) in [5.74, 6) is 0.462. The fraction of sp³-hybridized carbons (Fsp3) is 0.200. The van der Waals surface area contributed by atoms with Crippen LogP contribution in [-0.2, 0) is 14.8 Å². The zero-order valence-corrected chi connectivity index (χ0v) is 14.0. The Kier molecular flexibility index (Phi) is 5.59. The van der Waals surface area contributed by atoms with Gasteiger partial charge in [-0.25, -0.2) is 13.8 Å². The Morgan fingerprint density at radius 2 is 2.04 bits per heavy atom. The van der Waals surface area contributed by atoms with Crippen LogP contribution in [0.5, 0.6) is 5.75 Å². The minimum atomic E-state index is -3.64. The number of amides is 1. The second-order valence-electron chi connectivity index (χ2n) is 4.78. The third kappa shape index (κ3) is 4.85. The van der Waals surface area contributed by atoms with Gasteiger partial charge in [0.05, 0.1) is 31.5 Å². The molecule has 0 aliphatic heterocycles. The lowest BCUT2D eigenvalue weighted by Crippen LogP contribution is -2.38. The van der Waals surface area contributed by atoms with Gasteiger partial charge in [-0.1, -0.05) is 0 Å². The summed E-state index contributed by atoms with van der Waals surface area (Å²) >= 11 is 0. The molecular formula is C15H17N3O5S. The van der Waals surface area contributed by atoms with Crippen molar-refractivity contribution in [1.82, 2.24) is 5.43 Å². The molecule has 0 spiro atoms. The lowest BCUT2D eigenvalue weighted by molar-refractivity contribution is -0.119. The van der Waals surface area contributed by atoms with Gasteiger partial charge in [-0.05, 0) is 36.4 Å². The van der Waals surface area contributed by atoms with Crippen LogP contribution in [0.1, 0.15) is 5.76 Å². The van der Waals surface area contributed by atoms with Crippen LogP contribution in [0.2, 0.25) is 0 Å². The van der Waals surface area contributed by atoms with Gasteiger partial charge in [-0.2, -0.15) is 5.10 Å². The van der Waals surface area contributed by atoms with E-state index in [4.69, 9.17) is 9.15 Å². The molecule has 8 nitrogen and oxygen atoms in total. The zero-order valence-electron chi connectivity index (χ0n) is 13.2. The molecule has 1 aromatic carbocycles. The summed E-state index contributed by atoms with van der Waals surface area (Å²) in [6.45, 7) is -0.402. The number of anilines is 1. The Balaban J connectivity index is 2.06. The number of furan rings is 1. The standard InChI is InChI=1S/C15H17N3O5S/c1-22-13-7-5-12(6-8-13)18(24(2,20)21)11-15(19)17-16-10-14-4-3-9-23-14/h3-10H,11H2,1-2H3,(H,17,19)/b16-10+. The molecule has 0 saturated carbocycles. The van der Waals surface area contributed by atoms with Crippen LogP contribution in [0.3, 0.4) is 0 Å². The van der Waals surface area contributed by atoms with E-state index in [1.807, 2.05) is 0 Å². The topological polar surface area (TPSA) is 101 Å². The van der Waals surface area contributed by atoms with Crippen LogP contribution >= 0.6 is 0 Å². The van der Waals surface area contributed by atoms with E-state index in [0.717, 1.165) is 10.6 Å². The smallest absolute Gasteiger partial charge is 0.260 e. The monoisotopic (exact) mass is 351 g/mol. The van der Waals surface area contributed by atoms with Gasteiger partial charge in [0.1, 0.15) is 18.1 Å². The molecule has 0 radical (unpaired) electrons. The summed E-state index contributed by atoms with van der Waals surface area (Å²) in [6.07, 6.45) is 3.81. The van der Waals surface area contributed by atoms with E-state index in [0.29, 0.717) is 17.2 Å². The van der Waals surface area contributed by atoms with E-state index in [-0.39, 0.29) is 0 Å². The highest BCUT2D eigenvalue weighted by Crippen LogP contribution is 2.21. The molecule has 1 N–H and O–H groups in total. The quantitative estimate of drug-likeness (QED) is 0.597. The van der Waals surface area contributed by atoms with E-state index >= 15 is 0 Å². The number of nitrogens with one attached hydrogen (secondary N) is 1. The van der Waals surface area contributed by atoms with Crippen molar-refractivity contribution in [3.05, 3.63) is 48.4 Å². The number of ether oxygens (including phenoxy) is 1. The Labute approximate surface area is 139 Å². The maximum absolute atomic E-state index is 11.9. The van der Waals surface area contributed by atoms with Crippen molar-refractivity contribution in [2.45, 2.75) is 0 Å². The first-order chi connectivity index (χ1) is 11.4. The highest BCUT2D eigenvalue weighted by atomic mass is 32.2. The number of hydrogen-bond donors (Lipinski definition) is 1. The zero-order chi connectivity index (χ0) is 17.6. The molecule has 1 heterocycles. The molecule has 0 unspecified atom stereocenters. The van der Waals surface area contributed by atoms with Crippen molar-refractivity contribution < 1.29 is 22.4 Å². The summed E-state index contributed by atoms with van der Waals surface area (Å²) in [5, 5.41) is 3.71. The summed E-state index contributed by atoms with van der Waals surface area (Å²) in [7, 11) is -2.13. The molecule has 24 heavy (non-hydrogen) atoms. The van der Waals surface area contributed by atoms with Crippen molar-refractivity contribution >= 4 is 27.8 Å². The molecule has 0 fully saturated rings. The van der Waals surface area contributed by atoms with Crippen molar-refractivity contribution in [2.24, 2.45) is 5.10 Å². The molecule has 0 atom stereocenters. The highest BCUT2D eigenvalue weighted by molar-refractivity contribution is 7.92. The number of hydrogen-bond acceptors (Lipinski definition) is 6. The number of sulfonamides is 1. The molecule has 0 saturated heterocycles. The molecule has 128 valence electrons. The molecular weight excluding hydrogens is 334 g/mol. The van der Waals surface area contributed by atoms with Gasteiger partial charge in [-0.3, -0.25) is 9.10 Å². The van der Waals surface area contributed by atoms with Crippen LogP contribution in [-0.4, -0.2) is 40.4 Å². The second kappa shape index (κ2) is 7.64. The van der Waals surface area contributed by atoms with Crippen LogP contribution in [0.4, 0.5) is 5.69 Å². The van der Waals surface area contributed by atoms with Crippen LogP contribution in [0, 0.1) is 0 Å². The van der Waals surface area contributed by atoms with Gasteiger partial charge < -0.3 is 9.15 Å². The largest absolute Gasteiger partial charge is 0.497 e. The third-order valence-corrected chi connectivity index (χ3v) is 4.11. The molecule has 0 aliphatic carbocycles. The van der Waals surface area contributed by atoms with Gasteiger partial charge in [0.25, 0.3) is 5.91 Å². The normalized spacial score (nSPS) is 11.4. The fourth-order valence-electron chi connectivity index (χ4n) is 1.85. The summed E-state index contributed by atoms with van der Waals surface area (Å²) in [4.78, 5) is 11.9. The highest BCUT2D eigenvalue weighted by Gasteiger charge is 2.20. The van der Waals surface area contributed by atoms with E-state index < -0.39 is 22.5 Å². The summed E-state index contributed by atoms with van der Waals surface area (Å²) in [6, 6.07) is 9.67. The van der Waals surface area contributed by atoms with Gasteiger partial charge >= 0.3 is 0 Å². The fourth-order valence-corrected chi connectivity index (χ4v) is 2.70. The maximum atomic E-state index is 11.9. The minimum Gasteiger partial charge on any atom is -0.497 e. The Hall–Kier alpha value is -2.81. The summed E-state index contributed by atoms with van der Waals surface area (Å²) < 4.78 is 34.9. The first-order valence-electron chi connectivity index (χ1n) is 6.87. The summed E-state index contributed by atoms with van der Waals surface area (Å²) in [5.41, 5.74) is 2.61. The number of methoxy groups -OCH3 is 1. The van der Waals surface area contributed by atoms with Gasteiger partial charge in [0.15, 0.2) is 0 Å². The van der Waals surface area contributed by atoms with E-state index in [1.54, 1.807) is 36.4 Å². The first kappa shape index (κ1) is 17.5. The lowest BCUT2D eigenvalue weighted by atomic mass is 10.3. The molecule has 9 heteroatoms. The SMILES string of the molecule is COc1ccc(N(CC(=O)N/N=C/c2ccco2)S(C)(=O)=O)cc1. The number of nitrogens with zero attached hydrogens (tertiary/aromatic N) is 2. The van der Waals surface area contributed by atoms with Gasteiger partial charge in [-0.15, -0.1) is 0 Å².